The van der Waals surface area contributed by atoms with Gasteiger partial charge in [-0.15, -0.1) is 6.58 Å². The minimum Gasteiger partial charge on any atom is -0.313 e. The Bertz CT molecular complexity index is 333. The van der Waals surface area contributed by atoms with E-state index < -0.39 is 0 Å². The van der Waals surface area contributed by atoms with E-state index in [9.17, 15) is 0 Å². The summed E-state index contributed by atoms with van der Waals surface area (Å²) < 4.78 is 0. The molecule has 114 valence electrons. The Balaban J connectivity index is 1.62. The molecule has 0 saturated heterocycles. The van der Waals surface area contributed by atoms with E-state index in [1.54, 1.807) is 19.3 Å². The minimum absolute atomic E-state index is 0.346. The van der Waals surface area contributed by atoms with Gasteiger partial charge in [0.15, 0.2) is 0 Å². The summed E-state index contributed by atoms with van der Waals surface area (Å²) in [5.41, 5.74) is 0.983. The SMILES string of the molecule is C=CCC(C)(C)CNC(C)C12CC3CC(CC(C3)C1)C2. The average molecular weight is 275 g/mol. The highest BCUT2D eigenvalue weighted by molar-refractivity contribution is 5.05. The third-order valence-corrected chi connectivity index (χ3v) is 6.59. The first kappa shape index (κ1) is 14.6. The summed E-state index contributed by atoms with van der Waals surface area (Å²) in [7, 11) is 0. The Labute approximate surface area is 125 Å². The highest BCUT2D eigenvalue weighted by Gasteiger charge is 2.53. The fourth-order valence-electron chi connectivity index (χ4n) is 5.82. The number of hydrogen-bond acceptors (Lipinski definition) is 1. The molecule has 0 aromatic rings. The second-order valence-electron chi connectivity index (χ2n) is 9.04. The van der Waals surface area contributed by atoms with Crippen LogP contribution in [0.1, 0.15) is 65.7 Å². The predicted octanol–water partition coefficient (Wildman–Crippen LogP) is 4.78. The van der Waals surface area contributed by atoms with Crippen molar-refractivity contribution in [2.45, 2.75) is 71.8 Å². The fourth-order valence-corrected chi connectivity index (χ4v) is 5.82. The van der Waals surface area contributed by atoms with Gasteiger partial charge in [-0.2, -0.15) is 0 Å². The van der Waals surface area contributed by atoms with Crippen LogP contribution < -0.4 is 5.32 Å². The zero-order valence-electron chi connectivity index (χ0n) is 13.8. The van der Waals surface area contributed by atoms with Gasteiger partial charge in [0.05, 0.1) is 0 Å². The highest BCUT2D eigenvalue weighted by atomic mass is 14.9. The van der Waals surface area contributed by atoms with Crippen molar-refractivity contribution in [2.75, 3.05) is 6.54 Å². The van der Waals surface area contributed by atoms with Gasteiger partial charge >= 0.3 is 0 Å². The Hall–Kier alpha value is -0.300. The molecule has 4 aliphatic carbocycles. The van der Waals surface area contributed by atoms with Crippen molar-refractivity contribution in [3.63, 3.8) is 0 Å². The smallest absolute Gasteiger partial charge is 0.00957 e. The van der Waals surface area contributed by atoms with Crippen molar-refractivity contribution >= 4 is 0 Å². The van der Waals surface area contributed by atoms with Crippen LogP contribution >= 0.6 is 0 Å². The molecule has 4 bridgehead atoms. The number of nitrogens with one attached hydrogen (secondary N) is 1. The molecule has 1 N–H and O–H groups in total. The van der Waals surface area contributed by atoms with Crippen LogP contribution in [0.25, 0.3) is 0 Å². The van der Waals surface area contributed by atoms with Crippen LogP contribution in [0.2, 0.25) is 0 Å². The van der Waals surface area contributed by atoms with Gasteiger partial charge in [0.1, 0.15) is 0 Å². The van der Waals surface area contributed by atoms with Gasteiger partial charge in [0.25, 0.3) is 0 Å². The first-order valence-corrected chi connectivity index (χ1v) is 8.77. The second-order valence-corrected chi connectivity index (χ2v) is 9.04. The zero-order valence-corrected chi connectivity index (χ0v) is 13.8. The Kier molecular flexibility index (Phi) is 3.77. The molecule has 0 spiro atoms. The van der Waals surface area contributed by atoms with Gasteiger partial charge in [-0.25, -0.2) is 0 Å². The molecule has 0 heterocycles. The molecular formula is C19H33N. The molecule has 20 heavy (non-hydrogen) atoms. The predicted molar refractivity (Wildman–Crippen MR) is 86.7 cm³/mol. The van der Waals surface area contributed by atoms with E-state index >= 15 is 0 Å². The summed E-state index contributed by atoms with van der Waals surface area (Å²) in [5.74, 6) is 3.19. The number of allylic oxidation sites excluding steroid dienone is 1. The quantitative estimate of drug-likeness (QED) is 0.688. The molecule has 4 fully saturated rings. The fraction of sp³-hybridized carbons (Fsp3) is 0.895. The maximum absolute atomic E-state index is 3.92. The number of hydrogen-bond donors (Lipinski definition) is 1. The summed E-state index contributed by atoms with van der Waals surface area (Å²) in [4.78, 5) is 0. The van der Waals surface area contributed by atoms with Crippen molar-refractivity contribution in [1.29, 1.82) is 0 Å². The summed E-state index contributed by atoms with van der Waals surface area (Å²) in [6, 6.07) is 0.694. The molecule has 0 aliphatic heterocycles. The van der Waals surface area contributed by atoms with Crippen LogP contribution in [0.5, 0.6) is 0 Å². The van der Waals surface area contributed by atoms with Crippen LogP contribution in [0.4, 0.5) is 0 Å². The molecule has 1 unspecified atom stereocenters. The lowest BCUT2D eigenvalue weighted by Gasteiger charge is -2.59. The van der Waals surface area contributed by atoms with Gasteiger partial charge in [-0.1, -0.05) is 19.9 Å². The summed E-state index contributed by atoms with van der Waals surface area (Å²) in [5, 5.41) is 3.92. The Morgan fingerprint density at radius 1 is 1.15 bits per heavy atom. The van der Waals surface area contributed by atoms with Gasteiger partial charge < -0.3 is 5.32 Å². The van der Waals surface area contributed by atoms with Crippen LogP contribution in [-0.2, 0) is 0 Å². The molecule has 1 atom stereocenters. The topological polar surface area (TPSA) is 12.0 Å². The lowest BCUT2D eigenvalue weighted by Crippen LogP contribution is -2.55. The zero-order chi connectivity index (χ0) is 14.4. The molecule has 1 nitrogen and oxygen atoms in total. The molecule has 4 rings (SSSR count). The molecule has 0 radical (unpaired) electrons. The van der Waals surface area contributed by atoms with Crippen molar-refractivity contribution < 1.29 is 0 Å². The molecule has 0 amide bonds. The minimum atomic E-state index is 0.346. The Morgan fingerprint density at radius 2 is 1.65 bits per heavy atom. The van der Waals surface area contributed by atoms with E-state index in [4.69, 9.17) is 0 Å². The normalized spacial score (nSPS) is 40.9. The van der Waals surface area contributed by atoms with Crippen molar-refractivity contribution in [3.8, 4) is 0 Å². The maximum atomic E-state index is 3.92. The van der Waals surface area contributed by atoms with Crippen LogP contribution in [0.15, 0.2) is 12.7 Å². The van der Waals surface area contributed by atoms with Gasteiger partial charge in [-0.3, -0.25) is 0 Å². The van der Waals surface area contributed by atoms with Crippen molar-refractivity contribution in [1.82, 2.24) is 5.32 Å². The van der Waals surface area contributed by atoms with E-state index in [0.29, 0.717) is 16.9 Å². The standard InChI is InChI=1S/C19H33N/c1-5-6-18(3,4)13-20-14(2)19-10-15-7-16(11-19)9-17(8-15)12-19/h5,14-17,20H,1,6-13H2,2-4H3. The lowest BCUT2D eigenvalue weighted by atomic mass is 9.48. The molecule has 0 aromatic carbocycles. The largest absolute Gasteiger partial charge is 0.313 e. The molecule has 4 aliphatic rings. The van der Waals surface area contributed by atoms with Crippen molar-refractivity contribution in [2.24, 2.45) is 28.6 Å². The van der Waals surface area contributed by atoms with Crippen molar-refractivity contribution in [3.05, 3.63) is 12.7 Å². The van der Waals surface area contributed by atoms with E-state index in [0.717, 1.165) is 30.7 Å². The van der Waals surface area contributed by atoms with Crippen LogP contribution in [0.3, 0.4) is 0 Å². The van der Waals surface area contributed by atoms with E-state index in [2.05, 4.69) is 38.7 Å². The Morgan fingerprint density at radius 3 is 2.10 bits per heavy atom. The molecule has 4 saturated carbocycles. The third-order valence-electron chi connectivity index (χ3n) is 6.59. The summed E-state index contributed by atoms with van der Waals surface area (Å²) in [6.45, 7) is 12.2. The monoisotopic (exact) mass is 275 g/mol. The molecular weight excluding hydrogens is 242 g/mol. The third kappa shape index (κ3) is 2.71. The van der Waals surface area contributed by atoms with E-state index in [-0.39, 0.29) is 0 Å². The first-order valence-electron chi connectivity index (χ1n) is 8.77. The molecule has 1 heteroatoms. The number of rotatable bonds is 6. The van der Waals surface area contributed by atoms with Gasteiger partial charge in [0.2, 0.25) is 0 Å². The average Bonchev–Trinajstić information content (AvgIpc) is 2.34. The maximum Gasteiger partial charge on any atom is 0.00957 e. The van der Waals surface area contributed by atoms with Gasteiger partial charge in [0, 0.05) is 12.6 Å². The van der Waals surface area contributed by atoms with Gasteiger partial charge in [-0.05, 0) is 80.5 Å². The lowest BCUT2D eigenvalue weighted by molar-refractivity contribution is -0.0714. The second kappa shape index (κ2) is 5.16. The highest BCUT2D eigenvalue weighted by Crippen LogP contribution is 2.61. The summed E-state index contributed by atoms with van der Waals surface area (Å²) in [6.07, 6.45) is 12.3. The van der Waals surface area contributed by atoms with E-state index in [1.807, 2.05) is 0 Å². The summed E-state index contributed by atoms with van der Waals surface area (Å²) >= 11 is 0. The van der Waals surface area contributed by atoms with Crippen LogP contribution in [0, 0.1) is 28.6 Å². The van der Waals surface area contributed by atoms with E-state index in [1.165, 1.54) is 19.3 Å². The molecule has 0 aromatic heterocycles. The van der Waals surface area contributed by atoms with Crippen LogP contribution in [-0.4, -0.2) is 12.6 Å². The first-order chi connectivity index (χ1) is 9.42.